The zero-order chi connectivity index (χ0) is 4.99. The van der Waals surface area contributed by atoms with Crippen molar-refractivity contribution in [1.29, 1.82) is 5.53 Å². The SMILES string of the molecule is N=N/C(I)=C\N. The molecule has 0 rings (SSSR count). The zero-order valence-electron chi connectivity index (χ0n) is 2.98. The molecule has 0 saturated carbocycles. The van der Waals surface area contributed by atoms with Crippen molar-refractivity contribution in [2.45, 2.75) is 0 Å². The summed E-state index contributed by atoms with van der Waals surface area (Å²) in [5, 5.41) is 2.98. The van der Waals surface area contributed by atoms with Crippen molar-refractivity contribution in [2.24, 2.45) is 10.8 Å². The summed E-state index contributed by atoms with van der Waals surface area (Å²) < 4.78 is 0.507. The first-order chi connectivity index (χ1) is 2.81. The highest BCUT2D eigenvalue weighted by Gasteiger charge is 1.73. The molecule has 0 aromatic rings. The third-order valence-electron chi connectivity index (χ3n) is 0.244. The van der Waals surface area contributed by atoms with E-state index in [0.717, 1.165) is 0 Å². The number of nitrogens with one attached hydrogen (secondary N) is 1. The second-order valence-electron chi connectivity index (χ2n) is 0.601. The lowest BCUT2D eigenvalue weighted by atomic mass is 11.0. The van der Waals surface area contributed by atoms with Crippen LogP contribution in [-0.2, 0) is 0 Å². The molecule has 0 aliphatic rings. The summed E-state index contributed by atoms with van der Waals surface area (Å²) in [5.41, 5.74) is 11.2. The summed E-state index contributed by atoms with van der Waals surface area (Å²) in [6.07, 6.45) is 1.27. The van der Waals surface area contributed by atoms with Crippen molar-refractivity contribution in [3.63, 3.8) is 0 Å². The molecule has 0 aliphatic heterocycles. The summed E-state index contributed by atoms with van der Waals surface area (Å²) in [4.78, 5) is 0. The van der Waals surface area contributed by atoms with Crippen molar-refractivity contribution < 1.29 is 0 Å². The number of rotatable bonds is 1. The Kier molecular flexibility index (Phi) is 3.01. The molecule has 0 heterocycles. The van der Waals surface area contributed by atoms with E-state index in [1.165, 1.54) is 6.20 Å². The summed E-state index contributed by atoms with van der Waals surface area (Å²) in [7, 11) is 0. The lowest BCUT2D eigenvalue weighted by Gasteiger charge is -1.73. The van der Waals surface area contributed by atoms with Crippen LogP contribution in [0.1, 0.15) is 0 Å². The molecule has 4 heteroatoms. The fraction of sp³-hybridized carbons (Fsp3) is 0. The Hall–Kier alpha value is -0.130. The third-order valence-corrected chi connectivity index (χ3v) is 0.845. The molecule has 0 amide bonds. The lowest BCUT2D eigenvalue weighted by Crippen LogP contribution is -1.75. The Morgan fingerprint density at radius 3 is 2.50 bits per heavy atom. The van der Waals surface area contributed by atoms with E-state index in [-0.39, 0.29) is 0 Å². The fourth-order valence-corrected chi connectivity index (χ4v) is 0.0373. The van der Waals surface area contributed by atoms with Gasteiger partial charge in [0.05, 0.1) is 0 Å². The molecule has 0 fully saturated rings. The van der Waals surface area contributed by atoms with Crippen LogP contribution in [0.3, 0.4) is 0 Å². The molecule has 3 N–H and O–H groups in total. The number of nitrogens with zero attached hydrogens (tertiary/aromatic N) is 1. The fourth-order valence-electron chi connectivity index (χ4n) is 0.0373. The quantitative estimate of drug-likeness (QED) is 0.370. The second kappa shape index (κ2) is 3.08. The smallest absolute Gasteiger partial charge is 0.138 e. The normalized spacial score (nSPS) is 11.2. The van der Waals surface area contributed by atoms with Gasteiger partial charge in [0, 0.05) is 6.20 Å². The molecule has 0 spiro atoms. The molecule has 6 heavy (non-hydrogen) atoms. The standard InChI is InChI=1S/C2H4IN3/c3-2(1-4)6-5/h1,5H,4H2/b2-1-,6-5?. The van der Waals surface area contributed by atoms with E-state index in [9.17, 15) is 0 Å². The minimum atomic E-state index is 0.507. The topological polar surface area (TPSA) is 62.2 Å². The van der Waals surface area contributed by atoms with E-state index in [0.29, 0.717) is 3.70 Å². The van der Waals surface area contributed by atoms with Crippen LogP contribution in [0.4, 0.5) is 0 Å². The van der Waals surface area contributed by atoms with E-state index < -0.39 is 0 Å². The summed E-state index contributed by atoms with van der Waals surface area (Å²) in [5.74, 6) is 0. The lowest BCUT2D eigenvalue weighted by molar-refractivity contribution is 1.13. The van der Waals surface area contributed by atoms with E-state index in [4.69, 9.17) is 11.3 Å². The van der Waals surface area contributed by atoms with Crippen molar-refractivity contribution in [3.8, 4) is 0 Å². The van der Waals surface area contributed by atoms with Crippen LogP contribution in [0.25, 0.3) is 0 Å². The van der Waals surface area contributed by atoms with Gasteiger partial charge >= 0.3 is 0 Å². The van der Waals surface area contributed by atoms with E-state index in [1.54, 1.807) is 0 Å². The van der Waals surface area contributed by atoms with Gasteiger partial charge < -0.3 is 5.73 Å². The summed E-state index contributed by atoms with van der Waals surface area (Å²) >= 11 is 1.85. The van der Waals surface area contributed by atoms with Gasteiger partial charge in [-0.05, 0) is 22.6 Å². The minimum absolute atomic E-state index is 0.507. The predicted octanol–water partition coefficient (Wildman–Crippen LogP) is 1.21. The maximum atomic E-state index is 6.28. The van der Waals surface area contributed by atoms with E-state index in [1.807, 2.05) is 22.6 Å². The molecule has 0 unspecified atom stereocenters. The van der Waals surface area contributed by atoms with Gasteiger partial charge in [-0.1, -0.05) is 0 Å². The van der Waals surface area contributed by atoms with Gasteiger partial charge in [0.25, 0.3) is 0 Å². The zero-order valence-corrected chi connectivity index (χ0v) is 5.14. The van der Waals surface area contributed by atoms with Gasteiger partial charge in [-0.2, -0.15) is 5.11 Å². The maximum Gasteiger partial charge on any atom is 0.138 e. The molecule has 34 valence electrons. The summed E-state index contributed by atoms with van der Waals surface area (Å²) in [6.45, 7) is 0. The van der Waals surface area contributed by atoms with E-state index >= 15 is 0 Å². The molecule has 0 aromatic carbocycles. The van der Waals surface area contributed by atoms with Crippen LogP contribution < -0.4 is 5.73 Å². The first-order valence-corrected chi connectivity index (χ1v) is 2.34. The molecule has 0 atom stereocenters. The van der Waals surface area contributed by atoms with Gasteiger partial charge in [0.2, 0.25) is 0 Å². The first-order valence-electron chi connectivity index (χ1n) is 1.26. The van der Waals surface area contributed by atoms with Gasteiger partial charge in [-0.25, -0.2) is 5.53 Å². The Morgan fingerprint density at radius 2 is 2.50 bits per heavy atom. The third kappa shape index (κ3) is 2.13. The molecule has 0 saturated heterocycles. The molecular weight excluding hydrogens is 193 g/mol. The van der Waals surface area contributed by atoms with Gasteiger partial charge in [0.15, 0.2) is 0 Å². The van der Waals surface area contributed by atoms with E-state index in [2.05, 4.69) is 5.11 Å². The molecule has 3 nitrogen and oxygen atoms in total. The van der Waals surface area contributed by atoms with Gasteiger partial charge in [-0.3, -0.25) is 0 Å². The molecule has 0 aliphatic carbocycles. The Bertz CT molecular complexity index is 76.9. The highest BCUT2D eigenvalue weighted by molar-refractivity contribution is 14.1. The highest BCUT2D eigenvalue weighted by Crippen LogP contribution is 2.01. The number of nitrogens with two attached hydrogens (primary N) is 1. The Labute approximate surface area is 49.3 Å². The minimum Gasteiger partial charge on any atom is -0.402 e. The molecular formula is C2H4IN3. The first kappa shape index (κ1) is 5.87. The Morgan fingerprint density at radius 1 is 2.00 bits per heavy atom. The maximum absolute atomic E-state index is 6.28. The van der Waals surface area contributed by atoms with Gasteiger partial charge in [0.1, 0.15) is 3.70 Å². The van der Waals surface area contributed by atoms with Crippen LogP contribution in [0.15, 0.2) is 15.0 Å². The predicted molar refractivity (Wildman–Crippen MR) is 31.4 cm³/mol. The van der Waals surface area contributed by atoms with Crippen LogP contribution in [0, 0.1) is 5.53 Å². The number of halogens is 1. The second-order valence-corrected chi connectivity index (χ2v) is 1.71. The monoisotopic (exact) mass is 197 g/mol. The average molecular weight is 197 g/mol. The van der Waals surface area contributed by atoms with Crippen LogP contribution in [-0.4, -0.2) is 0 Å². The average Bonchev–Trinajstić information content (AvgIpc) is 1.65. The molecule has 0 radical (unpaired) electrons. The van der Waals surface area contributed by atoms with Crippen LogP contribution >= 0.6 is 22.6 Å². The van der Waals surface area contributed by atoms with Crippen LogP contribution in [0.2, 0.25) is 0 Å². The largest absolute Gasteiger partial charge is 0.402 e. The van der Waals surface area contributed by atoms with Crippen molar-refractivity contribution in [1.82, 2.24) is 0 Å². The Balaban J connectivity index is 3.50. The highest BCUT2D eigenvalue weighted by atomic mass is 127. The molecule has 0 aromatic heterocycles. The van der Waals surface area contributed by atoms with Crippen LogP contribution in [0.5, 0.6) is 0 Å². The summed E-state index contributed by atoms with van der Waals surface area (Å²) in [6, 6.07) is 0. The van der Waals surface area contributed by atoms with Crippen molar-refractivity contribution >= 4 is 22.6 Å². The van der Waals surface area contributed by atoms with Crippen molar-refractivity contribution in [2.75, 3.05) is 0 Å². The van der Waals surface area contributed by atoms with Gasteiger partial charge in [-0.15, -0.1) is 0 Å². The van der Waals surface area contributed by atoms with Crippen molar-refractivity contribution in [3.05, 3.63) is 9.90 Å². The molecule has 0 bridgehead atoms. The number of hydrogen-bond acceptors (Lipinski definition) is 3. The number of hydrogen-bond donors (Lipinski definition) is 2.